The molecule has 0 bridgehead atoms. The highest BCUT2D eigenvalue weighted by molar-refractivity contribution is 5.86. The Morgan fingerprint density at radius 3 is 2.62 bits per heavy atom. The summed E-state index contributed by atoms with van der Waals surface area (Å²) in [6, 6.07) is 13.0. The number of aromatic nitrogens is 1. The summed E-state index contributed by atoms with van der Waals surface area (Å²) in [5, 5.41) is 1.17. The van der Waals surface area contributed by atoms with Crippen LogP contribution in [0.1, 0.15) is 72.9 Å². The molecule has 4 rings (SSSR count). The van der Waals surface area contributed by atoms with E-state index in [1.165, 1.54) is 53.3 Å². The zero-order valence-corrected chi connectivity index (χ0v) is 17.8. The fourth-order valence-corrected chi connectivity index (χ4v) is 4.69. The van der Waals surface area contributed by atoms with Crippen LogP contribution in [0.3, 0.4) is 0 Å². The van der Waals surface area contributed by atoms with Crippen molar-refractivity contribution >= 4 is 16.7 Å². The van der Waals surface area contributed by atoms with E-state index >= 15 is 0 Å². The number of benzene rings is 2. The Morgan fingerprint density at radius 1 is 1.10 bits per heavy atom. The fraction of sp³-hybridized carbons (Fsp3) is 0.423. The highest BCUT2D eigenvalue weighted by Crippen LogP contribution is 2.36. The Bertz CT molecular complexity index is 1020. The SMILES string of the molecule is CC(=O)CCc1[nH]c2ccc(OCc3ccc(C4CCCC4)c(C)c3)cc2c1C. The lowest BCUT2D eigenvalue weighted by Crippen LogP contribution is -2.00. The van der Waals surface area contributed by atoms with Crippen LogP contribution in [0.5, 0.6) is 5.75 Å². The molecule has 1 aromatic heterocycles. The summed E-state index contributed by atoms with van der Waals surface area (Å²) in [5.74, 6) is 1.86. The van der Waals surface area contributed by atoms with Gasteiger partial charge in [-0.2, -0.15) is 0 Å². The number of carbonyl (C=O) groups excluding carboxylic acids is 1. The van der Waals surface area contributed by atoms with Gasteiger partial charge in [0, 0.05) is 23.0 Å². The maximum atomic E-state index is 11.3. The van der Waals surface area contributed by atoms with Gasteiger partial charge in [-0.15, -0.1) is 0 Å². The van der Waals surface area contributed by atoms with E-state index in [2.05, 4.69) is 49.2 Å². The van der Waals surface area contributed by atoms with E-state index in [-0.39, 0.29) is 5.78 Å². The van der Waals surface area contributed by atoms with Gasteiger partial charge >= 0.3 is 0 Å². The number of rotatable bonds is 7. The van der Waals surface area contributed by atoms with E-state index in [0.717, 1.165) is 29.3 Å². The second-order valence-electron chi connectivity index (χ2n) is 8.60. The number of nitrogens with one attached hydrogen (secondary N) is 1. The topological polar surface area (TPSA) is 42.1 Å². The maximum absolute atomic E-state index is 11.3. The number of hydrogen-bond donors (Lipinski definition) is 1. The Morgan fingerprint density at radius 2 is 1.90 bits per heavy atom. The van der Waals surface area contributed by atoms with Crippen molar-refractivity contribution in [3.05, 3.63) is 64.3 Å². The second kappa shape index (κ2) is 8.44. The quantitative estimate of drug-likeness (QED) is 0.498. The summed E-state index contributed by atoms with van der Waals surface area (Å²) in [6.07, 6.45) is 6.74. The number of ether oxygens (including phenoxy) is 1. The number of H-pyrrole nitrogens is 1. The standard InChI is InChI=1S/C26H31NO2/c1-17-14-20(9-11-23(17)21-6-4-5-7-21)16-29-22-10-13-26-24(15-22)19(3)25(27-26)12-8-18(2)28/h9-11,13-15,21,27H,4-8,12,16H2,1-3H3. The number of ketones is 1. The minimum Gasteiger partial charge on any atom is -0.489 e. The monoisotopic (exact) mass is 389 g/mol. The molecule has 1 saturated carbocycles. The molecule has 0 aliphatic heterocycles. The molecule has 0 spiro atoms. The van der Waals surface area contributed by atoms with Crippen LogP contribution in [0, 0.1) is 13.8 Å². The molecule has 2 aromatic carbocycles. The van der Waals surface area contributed by atoms with Gasteiger partial charge in [0.05, 0.1) is 0 Å². The molecule has 3 nitrogen and oxygen atoms in total. The largest absolute Gasteiger partial charge is 0.489 e. The first-order valence-corrected chi connectivity index (χ1v) is 10.8. The van der Waals surface area contributed by atoms with E-state index in [1.807, 2.05) is 6.07 Å². The molecule has 1 heterocycles. The van der Waals surface area contributed by atoms with Gasteiger partial charge in [-0.3, -0.25) is 0 Å². The lowest BCUT2D eigenvalue weighted by molar-refractivity contribution is -0.116. The van der Waals surface area contributed by atoms with Gasteiger partial charge in [0.15, 0.2) is 0 Å². The first-order chi connectivity index (χ1) is 14.0. The van der Waals surface area contributed by atoms with Gasteiger partial charge in [0.25, 0.3) is 0 Å². The highest BCUT2D eigenvalue weighted by atomic mass is 16.5. The van der Waals surface area contributed by atoms with E-state index in [4.69, 9.17) is 4.74 Å². The van der Waals surface area contributed by atoms with Crippen LogP contribution < -0.4 is 4.74 Å². The molecule has 1 fully saturated rings. The summed E-state index contributed by atoms with van der Waals surface area (Å²) >= 11 is 0. The molecule has 152 valence electrons. The first kappa shape index (κ1) is 19.8. The van der Waals surface area contributed by atoms with Crippen LogP contribution >= 0.6 is 0 Å². The van der Waals surface area contributed by atoms with Crippen molar-refractivity contribution < 1.29 is 9.53 Å². The van der Waals surface area contributed by atoms with Gasteiger partial charge in [0.1, 0.15) is 18.1 Å². The summed E-state index contributed by atoms with van der Waals surface area (Å²) in [6.45, 7) is 6.57. The molecule has 0 atom stereocenters. The average molecular weight is 390 g/mol. The molecule has 1 N–H and O–H groups in total. The van der Waals surface area contributed by atoms with Crippen molar-refractivity contribution in [3.63, 3.8) is 0 Å². The van der Waals surface area contributed by atoms with Gasteiger partial charge < -0.3 is 14.5 Å². The molecule has 0 saturated heterocycles. The number of carbonyl (C=O) groups is 1. The summed E-state index contributed by atoms with van der Waals surface area (Å²) in [4.78, 5) is 14.8. The number of hydrogen-bond acceptors (Lipinski definition) is 2. The van der Waals surface area contributed by atoms with Crippen molar-refractivity contribution in [1.29, 1.82) is 0 Å². The van der Waals surface area contributed by atoms with E-state index in [1.54, 1.807) is 6.92 Å². The van der Waals surface area contributed by atoms with Gasteiger partial charge in [-0.05, 0) is 86.4 Å². The third-order valence-corrected chi connectivity index (χ3v) is 6.40. The van der Waals surface area contributed by atoms with Crippen LogP contribution in [0.25, 0.3) is 10.9 Å². The molecule has 0 radical (unpaired) electrons. The number of aryl methyl sites for hydroxylation is 3. The average Bonchev–Trinajstić information content (AvgIpc) is 3.33. The molecule has 0 unspecified atom stereocenters. The Kier molecular flexibility index (Phi) is 5.75. The lowest BCUT2D eigenvalue weighted by atomic mass is 9.92. The zero-order chi connectivity index (χ0) is 20.4. The summed E-state index contributed by atoms with van der Waals surface area (Å²) in [7, 11) is 0. The van der Waals surface area contributed by atoms with Crippen LogP contribution in [-0.4, -0.2) is 10.8 Å². The number of fused-ring (bicyclic) bond motifs is 1. The molecule has 3 aromatic rings. The van der Waals surface area contributed by atoms with Crippen LogP contribution in [-0.2, 0) is 17.8 Å². The van der Waals surface area contributed by atoms with Gasteiger partial charge in [0.2, 0.25) is 0 Å². The minimum absolute atomic E-state index is 0.223. The Hall–Kier alpha value is -2.55. The Balaban J connectivity index is 1.46. The summed E-state index contributed by atoms with van der Waals surface area (Å²) in [5.41, 5.74) is 7.59. The van der Waals surface area contributed by atoms with E-state index in [9.17, 15) is 4.79 Å². The van der Waals surface area contributed by atoms with Crippen molar-refractivity contribution in [3.8, 4) is 5.75 Å². The van der Waals surface area contributed by atoms with E-state index < -0.39 is 0 Å². The second-order valence-corrected chi connectivity index (χ2v) is 8.60. The molecule has 1 aliphatic rings. The van der Waals surface area contributed by atoms with Crippen LogP contribution in [0.2, 0.25) is 0 Å². The van der Waals surface area contributed by atoms with Gasteiger partial charge in [-0.25, -0.2) is 0 Å². The van der Waals surface area contributed by atoms with Crippen molar-refractivity contribution in [2.24, 2.45) is 0 Å². The van der Waals surface area contributed by atoms with Crippen molar-refractivity contribution in [1.82, 2.24) is 4.98 Å². The molecule has 3 heteroatoms. The Labute approximate surface area is 173 Å². The van der Waals surface area contributed by atoms with Gasteiger partial charge in [-0.1, -0.05) is 31.0 Å². The van der Waals surface area contributed by atoms with Crippen LogP contribution in [0.15, 0.2) is 36.4 Å². The van der Waals surface area contributed by atoms with E-state index in [0.29, 0.717) is 13.0 Å². The fourth-order valence-electron chi connectivity index (χ4n) is 4.69. The van der Waals surface area contributed by atoms with Crippen LogP contribution in [0.4, 0.5) is 0 Å². The molecule has 1 aliphatic carbocycles. The number of aromatic amines is 1. The normalized spacial score (nSPS) is 14.6. The molecular weight excluding hydrogens is 358 g/mol. The third-order valence-electron chi connectivity index (χ3n) is 6.40. The predicted molar refractivity (Wildman–Crippen MR) is 119 cm³/mol. The predicted octanol–water partition coefficient (Wildman–Crippen LogP) is 6.54. The zero-order valence-electron chi connectivity index (χ0n) is 17.8. The minimum atomic E-state index is 0.223. The highest BCUT2D eigenvalue weighted by Gasteiger charge is 2.18. The first-order valence-electron chi connectivity index (χ1n) is 10.8. The third kappa shape index (κ3) is 4.39. The number of Topliss-reactive ketones (excluding diaryl/α,β-unsaturated/α-hetero) is 1. The molecule has 0 amide bonds. The molecular formula is C26H31NO2. The van der Waals surface area contributed by atoms with Crippen molar-refractivity contribution in [2.75, 3.05) is 0 Å². The molecule has 29 heavy (non-hydrogen) atoms. The summed E-state index contributed by atoms with van der Waals surface area (Å²) < 4.78 is 6.11. The maximum Gasteiger partial charge on any atom is 0.130 e. The smallest absolute Gasteiger partial charge is 0.130 e. The lowest BCUT2D eigenvalue weighted by Gasteiger charge is -2.15. The van der Waals surface area contributed by atoms with Crippen molar-refractivity contribution in [2.45, 2.75) is 71.8 Å².